The number of aromatic nitrogens is 4. The standard InChI is InChI=1S/C14H23N5S/c1-6-15-13-11-7-16-19(5)14(11)18-12(17-13)8-20-10(4)9(2)3/h7,9-10H,6,8H2,1-5H3,(H,15,17,18). The Bertz CT molecular complexity index is 578. The van der Waals surface area contributed by atoms with Crippen molar-refractivity contribution in [2.45, 2.75) is 38.7 Å². The highest BCUT2D eigenvalue weighted by Gasteiger charge is 2.13. The molecule has 0 aliphatic carbocycles. The molecule has 20 heavy (non-hydrogen) atoms. The van der Waals surface area contributed by atoms with Crippen LogP contribution < -0.4 is 5.32 Å². The predicted molar refractivity (Wildman–Crippen MR) is 86.1 cm³/mol. The summed E-state index contributed by atoms with van der Waals surface area (Å²) < 4.78 is 1.80. The number of nitrogens with one attached hydrogen (secondary N) is 1. The van der Waals surface area contributed by atoms with E-state index in [-0.39, 0.29) is 0 Å². The maximum absolute atomic E-state index is 4.64. The SMILES string of the molecule is CCNc1nc(CSC(C)C(C)C)nc2c1cnn2C. The number of anilines is 1. The molecule has 110 valence electrons. The average Bonchev–Trinajstić information content (AvgIpc) is 2.78. The molecule has 1 N–H and O–H groups in total. The van der Waals surface area contributed by atoms with Gasteiger partial charge in [0, 0.05) is 18.8 Å². The van der Waals surface area contributed by atoms with Gasteiger partial charge in [0.25, 0.3) is 0 Å². The van der Waals surface area contributed by atoms with E-state index in [2.05, 4.69) is 48.1 Å². The van der Waals surface area contributed by atoms with Gasteiger partial charge in [-0.3, -0.25) is 4.68 Å². The molecule has 0 saturated carbocycles. The first-order valence-electron chi connectivity index (χ1n) is 7.07. The van der Waals surface area contributed by atoms with Crippen LogP contribution in [0, 0.1) is 5.92 Å². The minimum absolute atomic E-state index is 0.600. The number of hydrogen-bond donors (Lipinski definition) is 1. The maximum atomic E-state index is 4.64. The Morgan fingerprint density at radius 1 is 1.30 bits per heavy atom. The third-order valence-electron chi connectivity index (χ3n) is 3.40. The summed E-state index contributed by atoms with van der Waals surface area (Å²) in [7, 11) is 1.92. The molecule has 0 aliphatic heterocycles. The summed E-state index contributed by atoms with van der Waals surface area (Å²) in [5.41, 5.74) is 0.892. The molecule has 0 amide bonds. The Kier molecular flexibility index (Phi) is 4.86. The third-order valence-corrected chi connectivity index (χ3v) is 4.89. The first kappa shape index (κ1) is 15.1. The highest BCUT2D eigenvalue weighted by molar-refractivity contribution is 7.99. The predicted octanol–water partition coefficient (Wildman–Crippen LogP) is 3.07. The largest absolute Gasteiger partial charge is 0.370 e. The van der Waals surface area contributed by atoms with E-state index in [1.54, 1.807) is 4.68 Å². The second-order valence-corrected chi connectivity index (χ2v) is 6.65. The lowest BCUT2D eigenvalue weighted by Crippen LogP contribution is -2.08. The summed E-state index contributed by atoms with van der Waals surface area (Å²) >= 11 is 1.90. The molecule has 6 heteroatoms. The zero-order valence-corrected chi connectivity index (χ0v) is 13.7. The van der Waals surface area contributed by atoms with E-state index in [0.29, 0.717) is 11.2 Å². The zero-order chi connectivity index (χ0) is 14.7. The van der Waals surface area contributed by atoms with Crippen LogP contribution in [0.5, 0.6) is 0 Å². The molecule has 0 saturated heterocycles. The second-order valence-electron chi connectivity index (χ2n) is 5.28. The van der Waals surface area contributed by atoms with Gasteiger partial charge in [0.2, 0.25) is 0 Å². The van der Waals surface area contributed by atoms with E-state index in [1.165, 1.54) is 0 Å². The molecule has 0 radical (unpaired) electrons. The Hall–Kier alpha value is -1.30. The van der Waals surface area contributed by atoms with Gasteiger partial charge in [0.05, 0.1) is 17.3 Å². The highest BCUT2D eigenvalue weighted by Crippen LogP contribution is 2.25. The van der Waals surface area contributed by atoms with Gasteiger partial charge in [0.15, 0.2) is 5.65 Å². The van der Waals surface area contributed by atoms with Crippen LogP contribution in [0.1, 0.15) is 33.5 Å². The van der Waals surface area contributed by atoms with Gasteiger partial charge in [-0.1, -0.05) is 20.8 Å². The molecular weight excluding hydrogens is 270 g/mol. The molecule has 0 aromatic carbocycles. The third kappa shape index (κ3) is 3.23. The lowest BCUT2D eigenvalue weighted by molar-refractivity contribution is 0.642. The highest BCUT2D eigenvalue weighted by atomic mass is 32.2. The van der Waals surface area contributed by atoms with Crippen LogP contribution in [0.3, 0.4) is 0 Å². The zero-order valence-electron chi connectivity index (χ0n) is 12.8. The fraction of sp³-hybridized carbons (Fsp3) is 0.643. The van der Waals surface area contributed by atoms with Crippen molar-refractivity contribution in [1.29, 1.82) is 0 Å². The Labute approximate surface area is 124 Å². The fourth-order valence-electron chi connectivity index (χ4n) is 1.83. The minimum atomic E-state index is 0.600. The summed E-state index contributed by atoms with van der Waals surface area (Å²) in [6.45, 7) is 9.65. The lowest BCUT2D eigenvalue weighted by Gasteiger charge is -2.14. The number of nitrogens with zero attached hydrogens (tertiary/aromatic N) is 4. The summed E-state index contributed by atoms with van der Waals surface area (Å²) in [5, 5.41) is 9.16. The number of rotatable bonds is 6. The van der Waals surface area contributed by atoms with Crippen molar-refractivity contribution in [2.24, 2.45) is 13.0 Å². The van der Waals surface area contributed by atoms with Crippen LogP contribution >= 0.6 is 11.8 Å². The van der Waals surface area contributed by atoms with Gasteiger partial charge in [-0.15, -0.1) is 0 Å². The molecule has 2 heterocycles. The van der Waals surface area contributed by atoms with Crippen LogP contribution in [-0.2, 0) is 12.8 Å². The molecule has 2 aromatic rings. The van der Waals surface area contributed by atoms with Crippen molar-refractivity contribution in [3.63, 3.8) is 0 Å². The van der Waals surface area contributed by atoms with Crippen molar-refractivity contribution in [2.75, 3.05) is 11.9 Å². The van der Waals surface area contributed by atoms with E-state index in [4.69, 9.17) is 0 Å². The monoisotopic (exact) mass is 293 g/mol. The van der Waals surface area contributed by atoms with Crippen molar-refractivity contribution < 1.29 is 0 Å². The quantitative estimate of drug-likeness (QED) is 0.887. The van der Waals surface area contributed by atoms with E-state index < -0.39 is 0 Å². The minimum Gasteiger partial charge on any atom is -0.370 e. The van der Waals surface area contributed by atoms with Crippen LogP contribution in [0.4, 0.5) is 5.82 Å². The molecular formula is C14H23N5S. The molecule has 0 spiro atoms. The average molecular weight is 293 g/mol. The molecule has 1 atom stereocenters. The second kappa shape index (κ2) is 6.43. The van der Waals surface area contributed by atoms with Gasteiger partial charge >= 0.3 is 0 Å². The van der Waals surface area contributed by atoms with E-state index in [9.17, 15) is 0 Å². The van der Waals surface area contributed by atoms with Gasteiger partial charge in [-0.05, 0) is 12.8 Å². The van der Waals surface area contributed by atoms with Crippen molar-refractivity contribution >= 4 is 28.6 Å². The van der Waals surface area contributed by atoms with E-state index >= 15 is 0 Å². The molecule has 5 nitrogen and oxygen atoms in total. The van der Waals surface area contributed by atoms with Crippen molar-refractivity contribution in [3.8, 4) is 0 Å². The van der Waals surface area contributed by atoms with Crippen LogP contribution in [0.15, 0.2) is 6.20 Å². The Balaban J connectivity index is 2.27. The van der Waals surface area contributed by atoms with Crippen LogP contribution in [-0.4, -0.2) is 31.5 Å². The summed E-state index contributed by atoms with van der Waals surface area (Å²) in [6, 6.07) is 0. The van der Waals surface area contributed by atoms with E-state index in [0.717, 1.165) is 35.0 Å². The first-order valence-corrected chi connectivity index (χ1v) is 8.11. The van der Waals surface area contributed by atoms with Gasteiger partial charge in [-0.25, -0.2) is 9.97 Å². The Morgan fingerprint density at radius 2 is 2.05 bits per heavy atom. The van der Waals surface area contributed by atoms with Gasteiger partial charge in [-0.2, -0.15) is 16.9 Å². The molecule has 2 aromatic heterocycles. The van der Waals surface area contributed by atoms with Gasteiger partial charge in [0.1, 0.15) is 11.6 Å². The fourth-order valence-corrected chi connectivity index (χ4v) is 2.76. The number of aryl methyl sites for hydroxylation is 1. The summed E-state index contributed by atoms with van der Waals surface area (Å²) in [6.07, 6.45) is 1.82. The molecule has 0 fully saturated rings. The summed E-state index contributed by atoms with van der Waals surface area (Å²) in [5.74, 6) is 3.25. The topological polar surface area (TPSA) is 55.6 Å². The Morgan fingerprint density at radius 3 is 2.70 bits per heavy atom. The number of fused-ring (bicyclic) bond motifs is 1. The summed E-state index contributed by atoms with van der Waals surface area (Å²) in [4.78, 5) is 9.28. The number of thioether (sulfide) groups is 1. The molecule has 0 aliphatic rings. The smallest absolute Gasteiger partial charge is 0.163 e. The molecule has 0 bridgehead atoms. The first-order chi connectivity index (χ1) is 9.52. The maximum Gasteiger partial charge on any atom is 0.163 e. The van der Waals surface area contributed by atoms with Gasteiger partial charge < -0.3 is 5.32 Å². The van der Waals surface area contributed by atoms with Crippen molar-refractivity contribution in [1.82, 2.24) is 19.7 Å². The normalized spacial score (nSPS) is 13.1. The van der Waals surface area contributed by atoms with Crippen LogP contribution in [0.25, 0.3) is 11.0 Å². The molecule has 2 rings (SSSR count). The number of hydrogen-bond acceptors (Lipinski definition) is 5. The van der Waals surface area contributed by atoms with Crippen LogP contribution in [0.2, 0.25) is 0 Å². The lowest BCUT2D eigenvalue weighted by atomic mass is 10.2. The molecule has 1 unspecified atom stereocenters. The van der Waals surface area contributed by atoms with E-state index in [1.807, 2.05) is 25.0 Å². The van der Waals surface area contributed by atoms with Crippen molar-refractivity contribution in [3.05, 3.63) is 12.0 Å².